The van der Waals surface area contributed by atoms with Gasteiger partial charge in [-0.05, 0) is 19.3 Å². The molecule has 1 aliphatic heterocycles. The van der Waals surface area contributed by atoms with Gasteiger partial charge in [0.15, 0.2) is 0 Å². The smallest absolute Gasteiger partial charge is 0.317 e. The van der Waals surface area contributed by atoms with Gasteiger partial charge in [0.2, 0.25) is 0 Å². The Bertz CT molecular complexity index is 307. The molecular weight excluding hydrogens is 252 g/mol. The van der Waals surface area contributed by atoms with Crippen LogP contribution in [0.1, 0.15) is 83.5 Å². The molecule has 0 unspecified atom stereocenters. The maximum atomic E-state index is 11.4. The van der Waals surface area contributed by atoms with Crippen molar-refractivity contribution in [1.82, 2.24) is 0 Å². The fourth-order valence-electron chi connectivity index (χ4n) is 2.46. The molecule has 0 fully saturated rings. The van der Waals surface area contributed by atoms with Crippen molar-refractivity contribution in [2.75, 3.05) is 0 Å². The Balaban J connectivity index is 2.28. The van der Waals surface area contributed by atoms with Crippen LogP contribution >= 0.6 is 0 Å². The molecule has 0 aromatic carbocycles. The highest BCUT2D eigenvalue weighted by Gasteiger charge is 2.08. The van der Waals surface area contributed by atoms with E-state index in [-0.39, 0.29) is 12.4 Å². The van der Waals surface area contributed by atoms with Crippen LogP contribution in [0.15, 0.2) is 12.2 Å². The lowest BCUT2D eigenvalue weighted by Gasteiger charge is -2.04. The van der Waals surface area contributed by atoms with Crippen LogP contribution in [0, 0.1) is 0 Å². The summed E-state index contributed by atoms with van der Waals surface area (Å²) in [5, 5.41) is 0. The van der Waals surface area contributed by atoms with Crippen LogP contribution in [0.4, 0.5) is 0 Å². The van der Waals surface area contributed by atoms with Crippen molar-refractivity contribution in [1.29, 1.82) is 0 Å². The molecule has 20 heavy (non-hydrogen) atoms. The number of rotatable bonds is 0. The van der Waals surface area contributed by atoms with Crippen molar-refractivity contribution in [2.24, 2.45) is 0 Å². The van der Waals surface area contributed by atoms with E-state index in [0.29, 0.717) is 6.42 Å². The van der Waals surface area contributed by atoms with E-state index in [1.54, 1.807) is 0 Å². The van der Waals surface area contributed by atoms with Gasteiger partial charge in [-0.15, -0.1) is 0 Å². The first-order valence-electron chi connectivity index (χ1n) is 8.17. The average Bonchev–Trinajstić information content (AvgIpc) is 2.42. The summed E-state index contributed by atoms with van der Waals surface area (Å²) in [6.07, 6.45) is 17.5. The highest BCUT2D eigenvalue weighted by atomic mass is 16.6. The largest absolute Gasteiger partial charge is 0.393 e. The van der Waals surface area contributed by atoms with Gasteiger partial charge >= 0.3 is 11.9 Å². The summed E-state index contributed by atoms with van der Waals surface area (Å²) in [5.41, 5.74) is 0. The zero-order chi connectivity index (χ0) is 14.5. The van der Waals surface area contributed by atoms with Crippen molar-refractivity contribution >= 4 is 11.9 Å². The van der Waals surface area contributed by atoms with Gasteiger partial charge in [-0.1, -0.05) is 63.5 Å². The summed E-state index contributed by atoms with van der Waals surface area (Å²) in [6, 6.07) is 0. The summed E-state index contributed by atoms with van der Waals surface area (Å²) in [4.78, 5) is 22.8. The number of cyclic esters (lactones) is 2. The van der Waals surface area contributed by atoms with E-state index < -0.39 is 5.97 Å². The Kier molecular flexibility index (Phi) is 9.89. The molecule has 0 saturated carbocycles. The normalized spacial score (nSPS) is 23.4. The average molecular weight is 280 g/mol. The van der Waals surface area contributed by atoms with Crippen LogP contribution in [-0.4, -0.2) is 11.9 Å². The molecule has 0 saturated heterocycles. The lowest BCUT2D eigenvalue weighted by Crippen LogP contribution is -2.11. The number of hydrogen-bond donors (Lipinski definition) is 0. The molecule has 114 valence electrons. The Morgan fingerprint density at radius 2 is 1.20 bits per heavy atom. The van der Waals surface area contributed by atoms with Crippen LogP contribution in [0.3, 0.4) is 0 Å². The molecular formula is C17H28O3. The summed E-state index contributed by atoms with van der Waals surface area (Å²) in [7, 11) is 0. The lowest BCUT2D eigenvalue weighted by atomic mass is 10.0. The summed E-state index contributed by atoms with van der Waals surface area (Å²) >= 11 is 0. The van der Waals surface area contributed by atoms with Gasteiger partial charge in [-0.25, -0.2) is 0 Å². The molecule has 0 radical (unpaired) electrons. The molecule has 0 atom stereocenters. The molecule has 1 aliphatic rings. The third-order valence-corrected chi connectivity index (χ3v) is 3.68. The third kappa shape index (κ3) is 9.76. The SMILES string of the molecule is O=C1C/C=C/CCCCCCCCCCCCC(=O)O1. The third-order valence-electron chi connectivity index (χ3n) is 3.68. The second-order valence-corrected chi connectivity index (χ2v) is 5.60. The molecule has 1 rings (SSSR count). The van der Waals surface area contributed by atoms with Crippen LogP contribution < -0.4 is 0 Å². The highest BCUT2D eigenvalue weighted by molar-refractivity contribution is 5.86. The van der Waals surface area contributed by atoms with Crippen LogP contribution in [-0.2, 0) is 14.3 Å². The molecule has 1 heterocycles. The van der Waals surface area contributed by atoms with Gasteiger partial charge in [0.25, 0.3) is 0 Å². The van der Waals surface area contributed by atoms with Crippen LogP contribution in [0.2, 0.25) is 0 Å². The maximum absolute atomic E-state index is 11.4. The van der Waals surface area contributed by atoms with E-state index in [1.807, 2.05) is 12.2 Å². The minimum atomic E-state index is -0.424. The monoisotopic (exact) mass is 280 g/mol. The highest BCUT2D eigenvalue weighted by Crippen LogP contribution is 2.12. The van der Waals surface area contributed by atoms with E-state index in [9.17, 15) is 9.59 Å². The van der Waals surface area contributed by atoms with Crippen molar-refractivity contribution in [2.45, 2.75) is 83.5 Å². The van der Waals surface area contributed by atoms with E-state index in [0.717, 1.165) is 19.3 Å². The Morgan fingerprint density at radius 1 is 0.650 bits per heavy atom. The summed E-state index contributed by atoms with van der Waals surface area (Å²) in [6.45, 7) is 0. The first-order chi connectivity index (χ1) is 9.79. The van der Waals surface area contributed by atoms with Gasteiger partial charge in [-0.3, -0.25) is 9.59 Å². The fraction of sp³-hybridized carbons (Fsp3) is 0.765. The summed E-state index contributed by atoms with van der Waals surface area (Å²) < 4.78 is 4.77. The molecule has 0 spiro atoms. The first-order valence-corrected chi connectivity index (χ1v) is 8.17. The van der Waals surface area contributed by atoms with Gasteiger partial charge in [0, 0.05) is 6.42 Å². The van der Waals surface area contributed by atoms with E-state index in [2.05, 4.69) is 0 Å². The number of allylic oxidation sites excluding steroid dienone is 1. The Labute approximate surface area is 122 Å². The molecule has 3 nitrogen and oxygen atoms in total. The van der Waals surface area contributed by atoms with Gasteiger partial charge in [-0.2, -0.15) is 0 Å². The maximum Gasteiger partial charge on any atom is 0.317 e. The fourth-order valence-corrected chi connectivity index (χ4v) is 2.46. The summed E-state index contributed by atoms with van der Waals surface area (Å²) in [5.74, 6) is -0.795. The lowest BCUT2D eigenvalue weighted by molar-refractivity contribution is -0.159. The number of ether oxygens (including phenoxy) is 1. The molecule has 0 amide bonds. The predicted molar refractivity (Wildman–Crippen MR) is 80.3 cm³/mol. The standard InChI is InChI=1S/C17H28O3/c18-16-14-12-10-8-6-4-2-1-3-5-7-9-11-13-15-17(19)20-16/h10,12H,1-9,11,13-15H2/b12-10+. The second-order valence-electron chi connectivity index (χ2n) is 5.60. The van der Waals surface area contributed by atoms with E-state index >= 15 is 0 Å². The number of hydrogen-bond acceptors (Lipinski definition) is 3. The molecule has 0 aromatic rings. The molecule has 0 aliphatic carbocycles. The molecule has 3 heteroatoms. The van der Waals surface area contributed by atoms with Gasteiger partial charge in [0.1, 0.15) is 0 Å². The minimum Gasteiger partial charge on any atom is -0.393 e. The first kappa shape index (κ1) is 16.9. The topological polar surface area (TPSA) is 43.4 Å². The van der Waals surface area contributed by atoms with Crippen molar-refractivity contribution in [3.63, 3.8) is 0 Å². The zero-order valence-corrected chi connectivity index (χ0v) is 12.6. The van der Waals surface area contributed by atoms with E-state index in [1.165, 1.54) is 51.4 Å². The predicted octanol–water partition coefficient (Wildman–Crippen LogP) is 4.70. The number of esters is 2. The molecule has 0 bridgehead atoms. The van der Waals surface area contributed by atoms with Gasteiger partial charge in [0.05, 0.1) is 6.42 Å². The van der Waals surface area contributed by atoms with E-state index in [4.69, 9.17) is 4.74 Å². The number of carbonyl (C=O) groups excluding carboxylic acids is 2. The zero-order valence-electron chi connectivity index (χ0n) is 12.6. The van der Waals surface area contributed by atoms with Crippen LogP contribution in [0.5, 0.6) is 0 Å². The van der Waals surface area contributed by atoms with Gasteiger partial charge < -0.3 is 4.74 Å². The molecule has 0 aromatic heterocycles. The van der Waals surface area contributed by atoms with Crippen molar-refractivity contribution in [3.05, 3.63) is 12.2 Å². The quantitative estimate of drug-likeness (QED) is 0.367. The minimum absolute atomic E-state index is 0.214. The second kappa shape index (κ2) is 11.7. The Morgan fingerprint density at radius 3 is 1.85 bits per heavy atom. The number of carbonyl (C=O) groups is 2. The van der Waals surface area contributed by atoms with Crippen molar-refractivity contribution < 1.29 is 14.3 Å². The van der Waals surface area contributed by atoms with Crippen molar-refractivity contribution in [3.8, 4) is 0 Å². The Hall–Kier alpha value is -1.12. The molecule has 0 N–H and O–H groups in total. The van der Waals surface area contributed by atoms with Crippen LogP contribution in [0.25, 0.3) is 0 Å².